The summed E-state index contributed by atoms with van der Waals surface area (Å²) >= 11 is 0. The summed E-state index contributed by atoms with van der Waals surface area (Å²) in [6, 6.07) is 9.14. The molecule has 7 heteroatoms. The van der Waals surface area contributed by atoms with Gasteiger partial charge in [0.2, 0.25) is 5.91 Å². The van der Waals surface area contributed by atoms with E-state index < -0.39 is 0 Å². The largest absolute Gasteiger partial charge is 0.350 e. The normalized spacial score (nSPS) is 10.5. The van der Waals surface area contributed by atoms with Crippen molar-refractivity contribution in [3.8, 4) is 0 Å². The van der Waals surface area contributed by atoms with Crippen molar-refractivity contribution in [2.24, 2.45) is 0 Å². The molecule has 0 aliphatic rings. The lowest BCUT2D eigenvalue weighted by Gasteiger charge is -2.17. The van der Waals surface area contributed by atoms with Gasteiger partial charge in [-0.25, -0.2) is 15.0 Å². The number of hydrogen-bond donors (Lipinski definition) is 1. The number of aryl methyl sites for hydroxylation is 1. The first-order valence-electron chi connectivity index (χ1n) is 7.14. The second-order valence-corrected chi connectivity index (χ2v) is 5.14. The van der Waals surface area contributed by atoms with E-state index in [1.54, 1.807) is 30.4 Å². The molecular weight excluding hydrogens is 292 g/mol. The monoisotopic (exact) mass is 308 g/mol. The molecule has 3 heterocycles. The maximum Gasteiger partial charge on any atom is 0.245 e. The Morgan fingerprint density at radius 2 is 1.96 bits per heavy atom. The molecule has 0 aliphatic heterocycles. The minimum atomic E-state index is -0.161. The number of nitrogens with zero attached hydrogens (tertiary/aromatic N) is 5. The molecule has 0 aromatic carbocycles. The van der Waals surface area contributed by atoms with Crippen LogP contribution in [0.3, 0.4) is 0 Å². The van der Waals surface area contributed by atoms with Crippen LogP contribution < -0.4 is 10.2 Å². The van der Waals surface area contributed by atoms with Gasteiger partial charge in [-0.15, -0.1) is 0 Å². The molecule has 0 saturated carbocycles. The van der Waals surface area contributed by atoms with Crippen LogP contribution in [-0.4, -0.2) is 39.4 Å². The minimum absolute atomic E-state index is 0.161. The van der Waals surface area contributed by atoms with E-state index in [1.165, 1.54) is 0 Å². The van der Waals surface area contributed by atoms with E-state index in [4.69, 9.17) is 0 Å². The highest BCUT2D eigenvalue weighted by molar-refractivity contribution is 5.93. The zero-order valence-electron chi connectivity index (χ0n) is 12.9. The number of anilines is 2. The van der Waals surface area contributed by atoms with Crippen molar-refractivity contribution >= 4 is 28.7 Å². The first-order valence-corrected chi connectivity index (χ1v) is 7.14. The molecular formula is C16H16N6O. The topological polar surface area (TPSA) is 83.9 Å². The van der Waals surface area contributed by atoms with Gasteiger partial charge >= 0.3 is 0 Å². The Hall–Kier alpha value is -3.09. The number of aromatic nitrogens is 4. The van der Waals surface area contributed by atoms with Gasteiger partial charge in [0.15, 0.2) is 5.65 Å². The van der Waals surface area contributed by atoms with Gasteiger partial charge in [0.25, 0.3) is 0 Å². The molecule has 7 nitrogen and oxygen atoms in total. The Morgan fingerprint density at radius 1 is 1.13 bits per heavy atom. The van der Waals surface area contributed by atoms with Gasteiger partial charge in [-0.3, -0.25) is 9.78 Å². The number of nitrogens with one attached hydrogen (secondary N) is 1. The van der Waals surface area contributed by atoms with Gasteiger partial charge in [0.1, 0.15) is 17.2 Å². The number of carbonyl (C=O) groups is 1. The molecule has 0 saturated heterocycles. The molecule has 0 spiro atoms. The zero-order valence-corrected chi connectivity index (χ0v) is 12.9. The lowest BCUT2D eigenvalue weighted by Crippen LogP contribution is -2.30. The van der Waals surface area contributed by atoms with Crippen molar-refractivity contribution in [2.45, 2.75) is 6.92 Å². The van der Waals surface area contributed by atoms with Crippen LogP contribution in [0.4, 0.5) is 11.6 Å². The highest BCUT2D eigenvalue weighted by Gasteiger charge is 2.10. The smallest absolute Gasteiger partial charge is 0.245 e. The molecule has 1 N–H and O–H groups in total. The number of pyridine rings is 2. The van der Waals surface area contributed by atoms with Gasteiger partial charge in [-0.1, -0.05) is 6.07 Å². The third-order valence-electron chi connectivity index (χ3n) is 3.24. The summed E-state index contributed by atoms with van der Waals surface area (Å²) < 4.78 is 0. The fraction of sp³-hybridized carbons (Fsp3) is 0.188. The second kappa shape index (κ2) is 6.35. The van der Waals surface area contributed by atoms with Gasteiger partial charge < -0.3 is 10.2 Å². The van der Waals surface area contributed by atoms with E-state index in [1.807, 2.05) is 31.2 Å². The minimum Gasteiger partial charge on any atom is -0.350 e. The maximum atomic E-state index is 12.1. The van der Waals surface area contributed by atoms with Crippen LogP contribution in [0.25, 0.3) is 11.2 Å². The highest BCUT2D eigenvalue weighted by Crippen LogP contribution is 2.13. The van der Waals surface area contributed by atoms with Crippen molar-refractivity contribution in [1.82, 2.24) is 19.9 Å². The van der Waals surface area contributed by atoms with Crippen molar-refractivity contribution < 1.29 is 4.79 Å². The average molecular weight is 308 g/mol. The van der Waals surface area contributed by atoms with Crippen LogP contribution in [0.2, 0.25) is 0 Å². The molecule has 3 rings (SSSR count). The van der Waals surface area contributed by atoms with E-state index in [0.29, 0.717) is 17.3 Å². The number of amides is 1. The summed E-state index contributed by atoms with van der Waals surface area (Å²) in [5.41, 5.74) is 2.13. The number of rotatable bonds is 4. The summed E-state index contributed by atoms with van der Waals surface area (Å²) in [6.07, 6.45) is 3.21. The van der Waals surface area contributed by atoms with Crippen LogP contribution in [0.5, 0.6) is 0 Å². The van der Waals surface area contributed by atoms with Crippen molar-refractivity contribution in [2.75, 3.05) is 23.8 Å². The van der Waals surface area contributed by atoms with Crippen LogP contribution in [-0.2, 0) is 4.79 Å². The maximum absolute atomic E-state index is 12.1. The molecule has 0 atom stereocenters. The van der Waals surface area contributed by atoms with Crippen LogP contribution in [0.15, 0.2) is 42.7 Å². The summed E-state index contributed by atoms with van der Waals surface area (Å²) in [6.45, 7) is 2.04. The summed E-state index contributed by atoms with van der Waals surface area (Å²) in [7, 11) is 1.80. The predicted octanol–water partition coefficient (Wildman–Crippen LogP) is 1.80. The molecule has 116 valence electrons. The zero-order chi connectivity index (χ0) is 16.2. The van der Waals surface area contributed by atoms with Crippen molar-refractivity contribution in [3.63, 3.8) is 0 Å². The fourth-order valence-corrected chi connectivity index (χ4v) is 2.15. The summed E-state index contributed by atoms with van der Waals surface area (Å²) in [5.74, 6) is 1.04. The molecule has 0 unspecified atom stereocenters. The average Bonchev–Trinajstić information content (AvgIpc) is 2.54. The van der Waals surface area contributed by atoms with Gasteiger partial charge in [0, 0.05) is 25.1 Å². The Balaban J connectivity index is 1.69. The second-order valence-electron chi connectivity index (χ2n) is 5.14. The third kappa shape index (κ3) is 3.57. The first kappa shape index (κ1) is 14.8. The fourth-order valence-electron chi connectivity index (χ4n) is 2.15. The van der Waals surface area contributed by atoms with E-state index >= 15 is 0 Å². The Morgan fingerprint density at radius 3 is 2.78 bits per heavy atom. The van der Waals surface area contributed by atoms with Gasteiger partial charge in [-0.05, 0) is 31.2 Å². The van der Waals surface area contributed by atoms with Gasteiger partial charge in [-0.2, -0.15) is 0 Å². The molecule has 0 fully saturated rings. The highest BCUT2D eigenvalue weighted by atomic mass is 16.2. The predicted molar refractivity (Wildman–Crippen MR) is 88.2 cm³/mol. The first-order chi connectivity index (χ1) is 11.1. The third-order valence-corrected chi connectivity index (χ3v) is 3.24. The molecule has 3 aromatic heterocycles. The number of likely N-dealkylation sites (N-methyl/N-ethyl adjacent to an activating group) is 1. The van der Waals surface area contributed by atoms with Crippen LogP contribution >= 0.6 is 0 Å². The lowest BCUT2D eigenvalue weighted by atomic mass is 10.3. The molecule has 23 heavy (non-hydrogen) atoms. The summed E-state index contributed by atoms with van der Waals surface area (Å²) in [5, 5.41) is 2.77. The standard InChI is InChI=1S/C16H16N6O/c1-11-4-3-5-13(19-11)20-15(23)10-22(2)14-7-6-12-16(21-14)18-9-8-17-12/h3-9H,10H2,1-2H3,(H,19,20,23). The van der Waals surface area contributed by atoms with Crippen molar-refractivity contribution in [1.29, 1.82) is 0 Å². The van der Waals surface area contributed by atoms with Gasteiger partial charge in [0.05, 0.1) is 6.54 Å². The van der Waals surface area contributed by atoms with E-state index in [9.17, 15) is 4.79 Å². The SMILES string of the molecule is Cc1cccc(NC(=O)CN(C)c2ccc3nccnc3n2)n1. The van der Waals surface area contributed by atoms with E-state index in [0.717, 1.165) is 11.2 Å². The molecule has 3 aromatic rings. The molecule has 0 radical (unpaired) electrons. The van der Waals surface area contributed by atoms with Crippen LogP contribution in [0, 0.1) is 6.92 Å². The van der Waals surface area contributed by atoms with Crippen molar-refractivity contribution in [3.05, 3.63) is 48.4 Å². The lowest BCUT2D eigenvalue weighted by molar-refractivity contribution is -0.114. The Kier molecular flexibility index (Phi) is 4.09. The van der Waals surface area contributed by atoms with E-state index in [-0.39, 0.29) is 12.5 Å². The van der Waals surface area contributed by atoms with Crippen LogP contribution in [0.1, 0.15) is 5.69 Å². The molecule has 1 amide bonds. The summed E-state index contributed by atoms with van der Waals surface area (Å²) in [4.78, 5) is 30.9. The Labute approximate surface area is 133 Å². The quantitative estimate of drug-likeness (QED) is 0.791. The number of fused-ring (bicyclic) bond motifs is 1. The van der Waals surface area contributed by atoms with E-state index in [2.05, 4.69) is 25.3 Å². The molecule has 0 aliphatic carbocycles. The Bertz CT molecular complexity index is 851. The number of hydrogen-bond acceptors (Lipinski definition) is 6. The number of carbonyl (C=O) groups excluding carboxylic acids is 1. The molecule has 0 bridgehead atoms.